The predicted octanol–water partition coefficient (Wildman–Crippen LogP) is 8.46. The number of aromatic nitrogens is 3. The van der Waals surface area contributed by atoms with Crippen LogP contribution in [0.5, 0.6) is 0 Å². The molecule has 0 aliphatic carbocycles. The maximum Gasteiger partial charge on any atom is 0.416 e. The largest absolute Gasteiger partial charge is 0.445 e. The molecule has 0 unspecified atom stereocenters. The quantitative estimate of drug-likeness (QED) is 0.0471. The molecule has 0 aliphatic rings. The number of aliphatic imine (C=N–C) groups is 1. The van der Waals surface area contributed by atoms with E-state index in [0.717, 1.165) is 29.7 Å². The van der Waals surface area contributed by atoms with Crippen LogP contribution in [0.4, 0.5) is 22.8 Å². The Kier molecular flexibility index (Phi) is 14.5. The number of carbonyl (C=O) groups is 2. The first-order chi connectivity index (χ1) is 27.5. The number of amides is 2. The molecule has 5 rings (SSSR count). The molecule has 0 spiro atoms. The molecule has 2 heterocycles. The van der Waals surface area contributed by atoms with Crippen molar-refractivity contribution >= 4 is 29.1 Å². The van der Waals surface area contributed by atoms with Crippen LogP contribution in [-0.2, 0) is 35.2 Å². The molecule has 3 aromatic carbocycles. The second kappa shape index (κ2) is 19.5. The van der Waals surface area contributed by atoms with E-state index in [1.54, 1.807) is 58.2 Å². The van der Waals surface area contributed by atoms with Crippen molar-refractivity contribution in [2.45, 2.75) is 91.3 Å². The van der Waals surface area contributed by atoms with Crippen LogP contribution < -0.4 is 21.6 Å². The lowest BCUT2D eigenvalue weighted by molar-refractivity contribution is -0.137. The topological polar surface area (TPSA) is 152 Å². The Hall–Kier alpha value is -5.96. The lowest BCUT2D eigenvalue weighted by Gasteiger charge is -2.19. The number of nitrogens with one attached hydrogen (secondary N) is 4. The molecule has 0 bridgehead atoms. The van der Waals surface area contributed by atoms with Crippen molar-refractivity contribution in [2.24, 2.45) is 4.99 Å². The van der Waals surface area contributed by atoms with Gasteiger partial charge in [0.25, 0.3) is 0 Å². The number of alkyl carbamates (subject to hydrolysis) is 2. The lowest BCUT2D eigenvalue weighted by atomic mass is 9.98. The number of H-pyrrole nitrogens is 1. The molecule has 0 saturated heterocycles. The average molecular weight is 802 g/mol. The summed E-state index contributed by atoms with van der Waals surface area (Å²) in [5.74, 6) is 0.483. The Morgan fingerprint density at radius 3 is 2.38 bits per heavy atom. The molecular formula is C43H50F3N7O5. The Bertz CT molecular complexity index is 2250. The third-order valence-electron chi connectivity index (χ3n) is 8.90. The van der Waals surface area contributed by atoms with Crippen molar-refractivity contribution in [1.82, 2.24) is 30.5 Å². The number of hydrogen-bond donors (Lipinski definition) is 4. The number of hydrogen-bond acceptors (Lipinski definition) is 8. The predicted molar refractivity (Wildman–Crippen MR) is 218 cm³/mol. The van der Waals surface area contributed by atoms with Gasteiger partial charge in [0.15, 0.2) is 0 Å². The van der Waals surface area contributed by atoms with E-state index >= 15 is 0 Å². The van der Waals surface area contributed by atoms with E-state index in [1.165, 1.54) is 4.57 Å². The Balaban J connectivity index is 1.17. The minimum absolute atomic E-state index is 0.136. The van der Waals surface area contributed by atoms with Gasteiger partial charge in [0, 0.05) is 36.4 Å². The molecule has 5 aromatic rings. The minimum Gasteiger partial charge on any atom is -0.445 e. The highest BCUT2D eigenvalue weighted by Gasteiger charge is 2.31. The first-order valence-corrected chi connectivity index (χ1v) is 19.1. The Morgan fingerprint density at radius 1 is 0.931 bits per heavy atom. The number of ether oxygens (including phenoxy) is 2. The summed E-state index contributed by atoms with van der Waals surface area (Å²) in [6, 6.07) is 22.0. The van der Waals surface area contributed by atoms with Gasteiger partial charge in [-0.15, -0.1) is 0 Å². The van der Waals surface area contributed by atoms with Crippen molar-refractivity contribution < 1.29 is 32.2 Å². The summed E-state index contributed by atoms with van der Waals surface area (Å²) in [7, 11) is 0. The van der Waals surface area contributed by atoms with Gasteiger partial charge in [-0.3, -0.25) is 14.9 Å². The van der Waals surface area contributed by atoms with E-state index in [1.807, 2.05) is 49.4 Å². The summed E-state index contributed by atoms with van der Waals surface area (Å²) < 4.78 is 54.0. The summed E-state index contributed by atoms with van der Waals surface area (Å²) in [6.07, 6.45) is -1.91. The Labute approximate surface area is 335 Å². The minimum atomic E-state index is -4.57. The van der Waals surface area contributed by atoms with Crippen LogP contribution in [0.15, 0.2) is 94.8 Å². The molecule has 15 heteroatoms. The van der Waals surface area contributed by atoms with E-state index in [-0.39, 0.29) is 18.3 Å². The van der Waals surface area contributed by atoms with Crippen LogP contribution >= 0.6 is 0 Å². The van der Waals surface area contributed by atoms with Crippen molar-refractivity contribution in [3.8, 4) is 16.9 Å². The summed E-state index contributed by atoms with van der Waals surface area (Å²) in [5.41, 5.74) is 1.98. The van der Waals surface area contributed by atoms with Gasteiger partial charge in [0.2, 0.25) is 0 Å². The molecule has 0 saturated carbocycles. The zero-order chi connectivity index (χ0) is 41.9. The number of halogens is 3. The zero-order valence-corrected chi connectivity index (χ0v) is 33.3. The van der Waals surface area contributed by atoms with Gasteiger partial charge in [0.05, 0.1) is 11.3 Å². The van der Waals surface area contributed by atoms with Crippen LogP contribution in [0.1, 0.15) is 76.1 Å². The average Bonchev–Trinajstić information content (AvgIpc) is 3.57. The number of aryl methyl sites for hydroxylation is 1. The second-order valence-electron chi connectivity index (χ2n) is 15.1. The van der Waals surface area contributed by atoms with Gasteiger partial charge in [-0.25, -0.2) is 14.4 Å². The fourth-order valence-corrected chi connectivity index (χ4v) is 6.09. The van der Waals surface area contributed by atoms with Gasteiger partial charge in [0.1, 0.15) is 23.7 Å². The molecule has 0 aliphatic heterocycles. The van der Waals surface area contributed by atoms with Gasteiger partial charge in [-0.1, -0.05) is 42.5 Å². The molecule has 1 atom stereocenters. The highest BCUT2D eigenvalue weighted by Crippen LogP contribution is 2.34. The summed E-state index contributed by atoms with van der Waals surface area (Å²) >= 11 is 0. The SMILES string of the molecule is CC(=NCCCNCc1ccc(-n2cc3cc(-c4cc(CCC[C@H](C)NC(=O)OCc5ccccc5)cc(C(F)(F)F)c4)[nH]c3nc2=O)cc1)NC(=O)OC(C)(C)C. The highest BCUT2D eigenvalue weighted by atomic mass is 19.4. The summed E-state index contributed by atoms with van der Waals surface area (Å²) in [4.78, 5) is 48.8. The zero-order valence-electron chi connectivity index (χ0n) is 33.3. The molecular weight excluding hydrogens is 752 g/mol. The number of benzene rings is 3. The van der Waals surface area contributed by atoms with E-state index in [9.17, 15) is 27.6 Å². The maximum atomic E-state index is 14.0. The van der Waals surface area contributed by atoms with Crippen molar-refractivity contribution in [1.29, 1.82) is 0 Å². The fourth-order valence-electron chi connectivity index (χ4n) is 6.09. The maximum absolute atomic E-state index is 14.0. The molecule has 0 radical (unpaired) electrons. The fraction of sp³-hybridized carbons (Fsp3) is 0.372. The third kappa shape index (κ3) is 13.3. The monoisotopic (exact) mass is 801 g/mol. The highest BCUT2D eigenvalue weighted by molar-refractivity contribution is 5.93. The summed E-state index contributed by atoms with van der Waals surface area (Å²) in [5, 5.41) is 9.29. The number of alkyl halides is 3. The number of amidine groups is 1. The van der Waals surface area contributed by atoms with Gasteiger partial charge in [-0.05, 0) is 125 Å². The molecule has 4 N–H and O–H groups in total. The van der Waals surface area contributed by atoms with E-state index in [0.29, 0.717) is 72.6 Å². The lowest BCUT2D eigenvalue weighted by Crippen LogP contribution is -2.35. The van der Waals surface area contributed by atoms with Crippen LogP contribution in [0.2, 0.25) is 0 Å². The molecule has 12 nitrogen and oxygen atoms in total. The van der Waals surface area contributed by atoms with Crippen LogP contribution in [0.25, 0.3) is 28.0 Å². The van der Waals surface area contributed by atoms with Gasteiger partial charge < -0.3 is 25.1 Å². The van der Waals surface area contributed by atoms with Gasteiger partial charge >= 0.3 is 24.1 Å². The first kappa shape index (κ1) is 43.2. The van der Waals surface area contributed by atoms with E-state index < -0.39 is 35.2 Å². The smallest absolute Gasteiger partial charge is 0.416 e. The van der Waals surface area contributed by atoms with Crippen molar-refractivity contribution in [3.63, 3.8) is 0 Å². The molecule has 2 aromatic heterocycles. The number of nitrogens with zero attached hydrogens (tertiary/aromatic N) is 3. The van der Waals surface area contributed by atoms with Crippen molar-refractivity contribution in [2.75, 3.05) is 13.1 Å². The third-order valence-corrected chi connectivity index (χ3v) is 8.90. The van der Waals surface area contributed by atoms with Crippen molar-refractivity contribution in [3.05, 3.63) is 118 Å². The van der Waals surface area contributed by atoms with Crippen LogP contribution in [0, 0.1) is 0 Å². The number of carbonyl (C=O) groups excluding carboxylic acids is 2. The van der Waals surface area contributed by atoms with E-state index in [2.05, 4.69) is 30.9 Å². The molecule has 0 fully saturated rings. The normalized spacial score (nSPS) is 12.7. The first-order valence-electron chi connectivity index (χ1n) is 19.1. The number of fused-ring (bicyclic) bond motifs is 1. The number of rotatable bonds is 15. The molecule has 58 heavy (non-hydrogen) atoms. The van der Waals surface area contributed by atoms with Crippen LogP contribution in [0.3, 0.4) is 0 Å². The van der Waals surface area contributed by atoms with Gasteiger partial charge in [-0.2, -0.15) is 18.2 Å². The van der Waals surface area contributed by atoms with E-state index in [4.69, 9.17) is 9.47 Å². The number of aromatic amines is 1. The molecule has 2 amide bonds. The Morgan fingerprint density at radius 2 is 1.67 bits per heavy atom. The standard InChI is InChI=1S/C43H50F3N7O5/c1-28(49-40(55)57-27-31-12-7-6-8-13-31)11-9-14-32-21-33(23-35(22-32)43(44,45)46)37-24-34-26-53(39(54)52-38(34)51-37)36-17-15-30(16-18-36)25-47-19-10-20-48-29(2)50-41(56)58-42(3,4)5/h6-8,12-13,15-18,21-24,26,28,47H,9-11,14,19-20,25,27H2,1-5H3,(H,49,55)(H,48,50,56)(H,51,52,54)/t28-/m0/s1. The summed E-state index contributed by atoms with van der Waals surface area (Å²) in [6.45, 7) is 10.8. The second-order valence-corrected chi connectivity index (χ2v) is 15.1. The molecule has 308 valence electrons. The van der Waals surface area contributed by atoms with Crippen LogP contribution in [-0.4, -0.2) is 57.3 Å².